The second-order valence-corrected chi connectivity index (χ2v) is 5.20. The van der Waals surface area contributed by atoms with Gasteiger partial charge in [-0.1, -0.05) is 51.2 Å². The summed E-state index contributed by atoms with van der Waals surface area (Å²) in [4.78, 5) is 0. The highest BCUT2D eigenvalue weighted by molar-refractivity contribution is 6.20. The Kier molecular flexibility index (Phi) is 7.91. The molecule has 1 nitrogen and oxygen atoms in total. The van der Waals surface area contributed by atoms with E-state index in [4.69, 9.17) is 16.3 Å². The number of alkyl halides is 1. The molecule has 0 saturated carbocycles. The van der Waals surface area contributed by atoms with Crippen LogP contribution < -0.4 is 4.74 Å². The number of rotatable bonds is 9. The van der Waals surface area contributed by atoms with Crippen molar-refractivity contribution in [1.29, 1.82) is 0 Å². The normalized spacial score (nSPS) is 12.4. The first-order valence-corrected chi connectivity index (χ1v) is 7.58. The van der Waals surface area contributed by atoms with Gasteiger partial charge in [0.15, 0.2) is 0 Å². The quantitative estimate of drug-likeness (QED) is 0.411. The van der Waals surface area contributed by atoms with Crippen LogP contribution in [0.15, 0.2) is 24.3 Å². The molecule has 1 unspecified atom stereocenters. The molecule has 0 bridgehead atoms. The Morgan fingerprint density at radius 3 is 2.28 bits per heavy atom. The number of hydrogen-bond donors (Lipinski definition) is 0. The van der Waals surface area contributed by atoms with Crippen LogP contribution >= 0.6 is 11.6 Å². The molecule has 0 fully saturated rings. The highest BCUT2D eigenvalue weighted by atomic mass is 35.5. The minimum absolute atomic E-state index is 0.141. The van der Waals surface area contributed by atoms with Crippen molar-refractivity contribution in [1.82, 2.24) is 0 Å². The van der Waals surface area contributed by atoms with Gasteiger partial charge in [-0.05, 0) is 31.0 Å². The smallest absolute Gasteiger partial charge is 0.119 e. The number of halogens is 1. The summed E-state index contributed by atoms with van der Waals surface area (Å²) in [7, 11) is 0. The molecule has 0 aliphatic heterocycles. The zero-order chi connectivity index (χ0) is 13.2. The summed E-state index contributed by atoms with van der Waals surface area (Å²) in [5.41, 5.74) is 1.20. The predicted octanol–water partition coefficient (Wildman–Crippen LogP) is 5.73. The minimum atomic E-state index is 0.141. The zero-order valence-corrected chi connectivity index (χ0v) is 12.4. The van der Waals surface area contributed by atoms with Gasteiger partial charge in [-0.15, -0.1) is 11.6 Å². The maximum Gasteiger partial charge on any atom is 0.119 e. The van der Waals surface area contributed by atoms with E-state index in [1.807, 2.05) is 19.1 Å². The van der Waals surface area contributed by atoms with Crippen molar-refractivity contribution in [3.63, 3.8) is 0 Å². The van der Waals surface area contributed by atoms with Crippen molar-refractivity contribution < 1.29 is 4.74 Å². The molecule has 0 saturated heterocycles. The standard InChI is InChI=1S/C16H25ClO/c1-3-5-6-7-8-9-16(17)14-10-12-15(13-11-14)18-4-2/h10-13,16H,3-9H2,1-2H3. The zero-order valence-electron chi connectivity index (χ0n) is 11.6. The van der Waals surface area contributed by atoms with Crippen LogP contribution in [-0.4, -0.2) is 6.61 Å². The van der Waals surface area contributed by atoms with E-state index in [9.17, 15) is 0 Å². The molecule has 1 rings (SSSR count). The van der Waals surface area contributed by atoms with Crippen LogP contribution in [0, 0.1) is 0 Å². The fraction of sp³-hybridized carbons (Fsp3) is 0.625. The average Bonchev–Trinajstić information content (AvgIpc) is 2.39. The topological polar surface area (TPSA) is 9.23 Å². The SMILES string of the molecule is CCCCCCCC(Cl)c1ccc(OCC)cc1. The van der Waals surface area contributed by atoms with Crippen LogP contribution in [0.4, 0.5) is 0 Å². The van der Waals surface area contributed by atoms with Gasteiger partial charge in [0, 0.05) is 0 Å². The molecule has 1 atom stereocenters. The van der Waals surface area contributed by atoms with Gasteiger partial charge in [0.25, 0.3) is 0 Å². The van der Waals surface area contributed by atoms with Crippen LogP contribution in [0.2, 0.25) is 0 Å². The summed E-state index contributed by atoms with van der Waals surface area (Å²) in [6.45, 7) is 4.94. The average molecular weight is 269 g/mol. The van der Waals surface area contributed by atoms with Gasteiger partial charge in [-0.3, -0.25) is 0 Å². The molecule has 0 amide bonds. The molecule has 0 aliphatic rings. The fourth-order valence-electron chi connectivity index (χ4n) is 2.03. The summed E-state index contributed by atoms with van der Waals surface area (Å²) in [6.07, 6.45) is 7.57. The molecule has 0 radical (unpaired) electrons. The van der Waals surface area contributed by atoms with E-state index >= 15 is 0 Å². The Hall–Kier alpha value is -0.690. The predicted molar refractivity (Wildman–Crippen MR) is 79.6 cm³/mol. The Balaban J connectivity index is 2.30. The summed E-state index contributed by atoms with van der Waals surface area (Å²) in [5.74, 6) is 0.924. The van der Waals surface area contributed by atoms with Crippen LogP contribution in [0.1, 0.15) is 63.3 Å². The third-order valence-electron chi connectivity index (χ3n) is 3.11. The summed E-state index contributed by atoms with van der Waals surface area (Å²) < 4.78 is 5.42. The van der Waals surface area contributed by atoms with E-state index in [0.29, 0.717) is 6.61 Å². The van der Waals surface area contributed by atoms with E-state index in [1.165, 1.54) is 37.7 Å². The number of benzene rings is 1. The lowest BCUT2D eigenvalue weighted by Gasteiger charge is -2.10. The Labute approximate surface area is 116 Å². The van der Waals surface area contributed by atoms with Crippen LogP contribution in [0.3, 0.4) is 0 Å². The summed E-state index contributed by atoms with van der Waals surface area (Å²) in [6, 6.07) is 8.17. The maximum atomic E-state index is 6.41. The molecule has 0 heterocycles. The minimum Gasteiger partial charge on any atom is -0.494 e. The molecule has 102 valence electrons. The molecular formula is C16H25ClO. The van der Waals surface area contributed by atoms with Crippen LogP contribution in [-0.2, 0) is 0 Å². The van der Waals surface area contributed by atoms with Crippen molar-refractivity contribution in [2.45, 2.75) is 57.7 Å². The molecule has 18 heavy (non-hydrogen) atoms. The molecule has 0 N–H and O–H groups in total. The van der Waals surface area contributed by atoms with Crippen molar-refractivity contribution in [3.8, 4) is 5.75 Å². The maximum absolute atomic E-state index is 6.41. The van der Waals surface area contributed by atoms with E-state index in [2.05, 4.69) is 19.1 Å². The first kappa shape index (κ1) is 15.4. The van der Waals surface area contributed by atoms with Crippen molar-refractivity contribution in [2.75, 3.05) is 6.61 Å². The van der Waals surface area contributed by atoms with Gasteiger partial charge >= 0.3 is 0 Å². The third-order valence-corrected chi connectivity index (χ3v) is 3.58. The second-order valence-electron chi connectivity index (χ2n) is 4.67. The first-order chi connectivity index (χ1) is 8.77. The highest BCUT2D eigenvalue weighted by Gasteiger charge is 2.07. The fourth-order valence-corrected chi connectivity index (χ4v) is 2.33. The third kappa shape index (κ3) is 5.77. The van der Waals surface area contributed by atoms with Gasteiger partial charge in [-0.2, -0.15) is 0 Å². The van der Waals surface area contributed by atoms with Crippen molar-refractivity contribution in [2.24, 2.45) is 0 Å². The Morgan fingerprint density at radius 1 is 1.00 bits per heavy atom. The van der Waals surface area contributed by atoms with Gasteiger partial charge in [0.05, 0.1) is 12.0 Å². The second kappa shape index (κ2) is 9.27. The lowest BCUT2D eigenvalue weighted by atomic mass is 10.0. The Bertz CT molecular complexity index is 307. The molecule has 1 aromatic rings. The number of ether oxygens (including phenoxy) is 1. The van der Waals surface area contributed by atoms with E-state index < -0.39 is 0 Å². The molecular weight excluding hydrogens is 244 g/mol. The van der Waals surface area contributed by atoms with Gasteiger partial charge in [0.2, 0.25) is 0 Å². The van der Waals surface area contributed by atoms with Crippen molar-refractivity contribution in [3.05, 3.63) is 29.8 Å². The van der Waals surface area contributed by atoms with E-state index in [1.54, 1.807) is 0 Å². The first-order valence-electron chi connectivity index (χ1n) is 7.14. The molecule has 1 aromatic carbocycles. The molecule has 0 aromatic heterocycles. The molecule has 2 heteroatoms. The van der Waals surface area contributed by atoms with Gasteiger partial charge in [0.1, 0.15) is 5.75 Å². The number of hydrogen-bond acceptors (Lipinski definition) is 1. The number of unbranched alkanes of at least 4 members (excludes halogenated alkanes) is 4. The lowest BCUT2D eigenvalue weighted by Crippen LogP contribution is -1.94. The molecule has 0 aliphatic carbocycles. The molecule has 0 spiro atoms. The highest BCUT2D eigenvalue weighted by Crippen LogP contribution is 2.28. The largest absolute Gasteiger partial charge is 0.494 e. The van der Waals surface area contributed by atoms with Crippen LogP contribution in [0.25, 0.3) is 0 Å². The van der Waals surface area contributed by atoms with E-state index in [0.717, 1.165) is 12.2 Å². The van der Waals surface area contributed by atoms with Crippen LogP contribution in [0.5, 0.6) is 5.75 Å². The Morgan fingerprint density at radius 2 is 1.67 bits per heavy atom. The summed E-state index contributed by atoms with van der Waals surface area (Å²) in [5, 5.41) is 0.141. The van der Waals surface area contributed by atoms with Gasteiger partial charge in [-0.25, -0.2) is 0 Å². The van der Waals surface area contributed by atoms with E-state index in [-0.39, 0.29) is 5.38 Å². The van der Waals surface area contributed by atoms with Gasteiger partial charge < -0.3 is 4.74 Å². The van der Waals surface area contributed by atoms with Crippen molar-refractivity contribution >= 4 is 11.6 Å². The lowest BCUT2D eigenvalue weighted by molar-refractivity contribution is 0.340. The monoisotopic (exact) mass is 268 g/mol. The summed E-state index contributed by atoms with van der Waals surface area (Å²) >= 11 is 6.41.